The van der Waals surface area contributed by atoms with E-state index in [9.17, 15) is 13.2 Å². The largest absolute Gasteiger partial charge is 0.416 e. The second kappa shape index (κ2) is 11.5. The lowest BCUT2D eigenvalue weighted by Gasteiger charge is -2.38. The average molecular weight is 533 g/mol. The predicted molar refractivity (Wildman–Crippen MR) is 145 cm³/mol. The second-order valence-electron chi connectivity index (χ2n) is 9.86. The van der Waals surface area contributed by atoms with Crippen LogP contribution >= 0.6 is 0 Å². The van der Waals surface area contributed by atoms with Crippen LogP contribution in [0.2, 0.25) is 0 Å². The lowest BCUT2D eigenvalue weighted by Crippen LogP contribution is -2.48. The number of tetrazole rings is 1. The van der Waals surface area contributed by atoms with Crippen LogP contribution in [0.5, 0.6) is 0 Å². The molecule has 1 aromatic heterocycles. The number of aromatic nitrogens is 4. The van der Waals surface area contributed by atoms with Crippen molar-refractivity contribution in [1.82, 2.24) is 30.0 Å². The molecule has 1 aliphatic rings. The van der Waals surface area contributed by atoms with Crippen molar-refractivity contribution in [2.75, 3.05) is 32.7 Å². The summed E-state index contributed by atoms with van der Waals surface area (Å²) in [4.78, 5) is 4.63. The molecule has 9 heteroatoms. The van der Waals surface area contributed by atoms with Gasteiger partial charge in [-0.05, 0) is 58.7 Å². The molecule has 0 amide bonds. The molecule has 0 radical (unpaired) electrons. The predicted octanol–water partition coefficient (Wildman–Crippen LogP) is 5.72. The van der Waals surface area contributed by atoms with Crippen molar-refractivity contribution in [2.24, 2.45) is 0 Å². The smallest absolute Gasteiger partial charge is 0.297 e. The summed E-state index contributed by atoms with van der Waals surface area (Å²) in [6.45, 7) is 7.93. The number of hydrogen-bond acceptors (Lipinski definition) is 5. The molecule has 0 aliphatic carbocycles. The van der Waals surface area contributed by atoms with E-state index in [1.54, 1.807) is 16.8 Å². The van der Waals surface area contributed by atoms with E-state index in [2.05, 4.69) is 49.6 Å². The van der Waals surface area contributed by atoms with E-state index in [4.69, 9.17) is 0 Å². The minimum absolute atomic E-state index is 0.400. The Morgan fingerprint density at radius 1 is 0.846 bits per heavy atom. The van der Waals surface area contributed by atoms with E-state index >= 15 is 0 Å². The van der Waals surface area contributed by atoms with Crippen LogP contribution in [-0.2, 0) is 6.18 Å². The van der Waals surface area contributed by atoms with Crippen molar-refractivity contribution in [3.63, 3.8) is 0 Å². The Morgan fingerprint density at radius 3 is 2.15 bits per heavy atom. The third-order valence-electron chi connectivity index (χ3n) is 7.19. The van der Waals surface area contributed by atoms with Crippen LogP contribution in [0.25, 0.3) is 11.8 Å². The molecule has 0 bridgehead atoms. The van der Waals surface area contributed by atoms with Crippen molar-refractivity contribution < 1.29 is 13.2 Å². The quantitative estimate of drug-likeness (QED) is 0.305. The van der Waals surface area contributed by atoms with E-state index < -0.39 is 17.8 Å². The highest BCUT2D eigenvalue weighted by Crippen LogP contribution is 2.34. The third kappa shape index (κ3) is 6.10. The zero-order chi connectivity index (χ0) is 27.4. The van der Waals surface area contributed by atoms with Gasteiger partial charge in [0.1, 0.15) is 0 Å². The molecule has 1 fully saturated rings. The van der Waals surface area contributed by atoms with Crippen LogP contribution in [-0.4, -0.2) is 62.7 Å². The van der Waals surface area contributed by atoms with Gasteiger partial charge in [-0.1, -0.05) is 72.8 Å². The fourth-order valence-corrected chi connectivity index (χ4v) is 5.15. The number of hydrogen-bond donors (Lipinski definition) is 0. The maximum absolute atomic E-state index is 13.3. The molecule has 0 saturated carbocycles. The summed E-state index contributed by atoms with van der Waals surface area (Å²) in [5, 5.41) is 12.7. The van der Waals surface area contributed by atoms with Gasteiger partial charge >= 0.3 is 6.18 Å². The summed E-state index contributed by atoms with van der Waals surface area (Å²) in [5.74, 6) is 0.588. The van der Waals surface area contributed by atoms with Gasteiger partial charge in [-0.25, -0.2) is 0 Å². The normalized spacial score (nSPS) is 16.1. The molecular weight excluding hydrogens is 501 g/mol. The van der Waals surface area contributed by atoms with Crippen LogP contribution in [0.3, 0.4) is 0 Å². The monoisotopic (exact) mass is 532 g/mol. The van der Waals surface area contributed by atoms with Crippen molar-refractivity contribution in [1.29, 1.82) is 0 Å². The highest BCUT2D eigenvalue weighted by molar-refractivity contribution is 5.49. The molecule has 0 N–H and O–H groups in total. The first kappa shape index (κ1) is 26.8. The first-order valence-corrected chi connectivity index (χ1v) is 13.0. The van der Waals surface area contributed by atoms with Crippen molar-refractivity contribution in [3.05, 3.63) is 113 Å². The molecule has 1 unspecified atom stereocenters. The minimum Gasteiger partial charge on any atom is -0.297 e. The minimum atomic E-state index is -4.40. The third-order valence-corrected chi connectivity index (χ3v) is 7.19. The first-order valence-electron chi connectivity index (χ1n) is 13.0. The van der Waals surface area contributed by atoms with E-state index in [0.29, 0.717) is 5.82 Å². The fourth-order valence-electron chi connectivity index (χ4n) is 5.15. The molecular formula is C30H31F3N6. The standard InChI is InChI=1S/C30H31F3N6/c1-22-8-6-9-23(2)27(22)39-29(34-35-36-39)28(25-13-15-26(16-14-25)30(31,32)33)38-20-18-37(19-21-38)17-7-12-24-10-4-3-5-11-24/h3-16,28H,17-21H2,1-2H3/b12-7+. The second-order valence-corrected chi connectivity index (χ2v) is 9.86. The number of benzene rings is 3. The molecule has 4 aromatic rings. The SMILES string of the molecule is Cc1cccc(C)c1-n1nnnc1C(c1ccc(C(F)(F)F)cc1)N1CCN(C/C=C/c2ccccc2)CC1. The maximum atomic E-state index is 13.3. The van der Waals surface area contributed by atoms with Crippen LogP contribution in [0.1, 0.15) is 39.7 Å². The number of piperazine rings is 1. The Hall–Kier alpha value is -3.82. The van der Waals surface area contributed by atoms with Gasteiger partial charge in [0.15, 0.2) is 5.82 Å². The highest BCUT2D eigenvalue weighted by Gasteiger charge is 2.34. The number of aryl methyl sites for hydroxylation is 2. The average Bonchev–Trinajstić information content (AvgIpc) is 3.39. The maximum Gasteiger partial charge on any atom is 0.416 e. The highest BCUT2D eigenvalue weighted by atomic mass is 19.4. The number of nitrogens with zero attached hydrogens (tertiary/aromatic N) is 6. The van der Waals surface area contributed by atoms with Gasteiger partial charge in [0, 0.05) is 32.7 Å². The van der Waals surface area contributed by atoms with Gasteiger partial charge in [0.05, 0.1) is 17.3 Å². The van der Waals surface area contributed by atoms with Crippen molar-refractivity contribution in [3.8, 4) is 5.69 Å². The van der Waals surface area contributed by atoms with Gasteiger partial charge in [0.25, 0.3) is 0 Å². The molecule has 39 heavy (non-hydrogen) atoms. The Bertz CT molecular complexity index is 1380. The van der Waals surface area contributed by atoms with Crippen LogP contribution < -0.4 is 0 Å². The van der Waals surface area contributed by atoms with Gasteiger partial charge < -0.3 is 0 Å². The van der Waals surface area contributed by atoms with Crippen molar-refractivity contribution in [2.45, 2.75) is 26.1 Å². The van der Waals surface area contributed by atoms with E-state index in [0.717, 1.165) is 72.8 Å². The molecule has 5 rings (SSSR count). The van der Waals surface area contributed by atoms with Crippen LogP contribution in [0.15, 0.2) is 78.9 Å². The zero-order valence-corrected chi connectivity index (χ0v) is 22.0. The van der Waals surface area contributed by atoms with E-state index in [1.807, 2.05) is 50.2 Å². The number of para-hydroxylation sites is 1. The Kier molecular flexibility index (Phi) is 7.90. The van der Waals surface area contributed by atoms with E-state index in [-0.39, 0.29) is 0 Å². The van der Waals surface area contributed by atoms with Crippen LogP contribution in [0.4, 0.5) is 13.2 Å². The van der Waals surface area contributed by atoms with Gasteiger partial charge in [-0.2, -0.15) is 17.9 Å². The van der Waals surface area contributed by atoms with Crippen molar-refractivity contribution >= 4 is 6.08 Å². The Balaban J connectivity index is 1.42. The number of alkyl halides is 3. The Labute approximate surface area is 226 Å². The summed E-state index contributed by atoms with van der Waals surface area (Å²) < 4.78 is 41.7. The lowest BCUT2D eigenvalue weighted by atomic mass is 10.0. The number of halogens is 3. The number of rotatable bonds is 7. The fraction of sp³-hybridized carbons (Fsp3) is 0.300. The summed E-state index contributed by atoms with van der Waals surface area (Å²) in [6, 6.07) is 21.1. The molecule has 1 aliphatic heterocycles. The Morgan fingerprint density at radius 2 is 1.51 bits per heavy atom. The molecule has 0 spiro atoms. The van der Waals surface area contributed by atoms with Gasteiger partial charge in [-0.3, -0.25) is 9.80 Å². The molecule has 1 atom stereocenters. The molecule has 6 nitrogen and oxygen atoms in total. The van der Waals surface area contributed by atoms with E-state index in [1.165, 1.54) is 0 Å². The van der Waals surface area contributed by atoms with Gasteiger partial charge in [0.2, 0.25) is 0 Å². The topological polar surface area (TPSA) is 50.1 Å². The molecule has 2 heterocycles. The molecule has 1 saturated heterocycles. The molecule has 202 valence electrons. The van der Waals surface area contributed by atoms with Crippen LogP contribution in [0, 0.1) is 13.8 Å². The van der Waals surface area contributed by atoms with Gasteiger partial charge in [-0.15, -0.1) is 5.10 Å². The molecule has 3 aromatic carbocycles. The summed E-state index contributed by atoms with van der Waals surface area (Å²) in [7, 11) is 0. The lowest BCUT2D eigenvalue weighted by molar-refractivity contribution is -0.137. The zero-order valence-electron chi connectivity index (χ0n) is 22.0. The summed E-state index contributed by atoms with van der Waals surface area (Å²) in [5.41, 5.74) is 4.14. The summed E-state index contributed by atoms with van der Waals surface area (Å²) >= 11 is 0. The summed E-state index contributed by atoms with van der Waals surface area (Å²) in [6.07, 6.45) is -0.108. The first-order chi connectivity index (χ1) is 18.8.